The van der Waals surface area contributed by atoms with Crippen molar-refractivity contribution in [2.45, 2.75) is 58.4 Å². The normalized spacial score (nSPS) is 14.9. The molecule has 0 bridgehead atoms. The van der Waals surface area contributed by atoms with E-state index in [2.05, 4.69) is 10.6 Å². The number of hydrogen-bond acceptors (Lipinski definition) is 3. The first-order chi connectivity index (χ1) is 12.0. The molecular formula is C20H28N2O3. The molecule has 25 heavy (non-hydrogen) atoms. The Morgan fingerprint density at radius 3 is 2.36 bits per heavy atom. The van der Waals surface area contributed by atoms with Gasteiger partial charge < -0.3 is 15.7 Å². The van der Waals surface area contributed by atoms with E-state index in [1.165, 1.54) is 18.4 Å². The first kappa shape index (κ1) is 19.2. The number of nitrogens with one attached hydrogen (secondary N) is 2. The maximum absolute atomic E-state index is 12.3. The molecule has 1 fully saturated rings. The van der Waals surface area contributed by atoms with Gasteiger partial charge in [-0.25, -0.2) is 0 Å². The van der Waals surface area contributed by atoms with E-state index >= 15 is 0 Å². The number of aliphatic hydroxyl groups excluding tert-OH is 1. The molecule has 0 aromatic heterocycles. The van der Waals surface area contributed by atoms with Crippen LogP contribution in [0.5, 0.6) is 0 Å². The predicted molar refractivity (Wildman–Crippen MR) is 99.3 cm³/mol. The van der Waals surface area contributed by atoms with Gasteiger partial charge in [-0.1, -0.05) is 24.6 Å². The van der Waals surface area contributed by atoms with Crippen LogP contribution in [0.3, 0.4) is 0 Å². The summed E-state index contributed by atoms with van der Waals surface area (Å²) in [7, 11) is 0. The summed E-state index contributed by atoms with van der Waals surface area (Å²) in [4.78, 5) is 24.2. The van der Waals surface area contributed by atoms with Crippen LogP contribution in [0.2, 0.25) is 0 Å². The highest BCUT2D eigenvalue weighted by Crippen LogP contribution is 2.27. The molecule has 2 rings (SSSR count). The second-order valence-electron chi connectivity index (χ2n) is 6.62. The summed E-state index contributed by atoms with van der Waals surface area (Å²) in [6.07, 6.45) is 5.35. The van der Waals surface area contributed by atoms with Crippen molar-refractivity contribution in [2.24, 2.45) is 0 Å². The summed E-state index contributed by atoms with van der Waals surface area (Å²) >= 11 is 0. The zero-order valence-electron chi connectivity index (χ0n) is 15.1. The first-order valence-corrected chi connectivity index (χ1v) is 9.02. The minimum Gasteiger partial charge on any atom is -0.394 e. The third kappa shape index (κ3) is 5.71. The average Bonchev–Trinajstić information content (AvgIpc) is 3.15. The van der Waals surface area contributed by atoms with Gasteiger partial charge in [-0.3, -0.25) is 9.59 Å². The van der Waals surface area contributed by atoms with Crippen molar-refractivity contribution in [1.82, 2.24) is 5.32 Å². The highest BCUT2D eigenvalue weighted by molar-refractivity contribution is 6.03. The van der Waals surface area contributed by atoms with Gasteiger partial charge in [0.25, 0.3) is 5.91 Å². The van der Waals surface area contributed by atoms with Gasteiger partial charge in [0.1, 0.15) is 0 Å². The molecule has 0 saturated heterocycles. The van der Waals surface area contributed by atoms with Crippen LogP contribution in [0, 0.1) is 0 Å². The van der Waals surface area contributed by atoms with Gasteiger partial charge in [0.05, 0.1) is 19.1 Å². The van der Waals surface area contributed by atoms with Crippen LogP contribution in [0.4, 0.5) is 5.69 Å². The fourth-order valence-electron chi connectivity index (χ4n) is 3.01. The van der Waals surface area contributed by atoms with Crippen LogP contribution in [0.15, 0.2) is 35.4 Å². The summed E-state index contributed by atoms with van der Waals surface area (Å²) in [5, 5.41) is 14.8. The van der Waals surface area contributed by atoms with E-state index in [9.17, 15) is 9.59 Å². The third-order valence-corrected chi connectivity index (χ3v) is 4.73. The molecule has 2 amide bonds. The lowest BCUT2D eigenvalue weighted by atomic mass is 10.1. The monoisotopic (exact) mass is 344 g/mol. The maximum atomic E-state index is 12.3. The highest BCUT2D eigenvalue weighted by atomic mass is 16.3. The Hall–Kier alpha value is -2.14. The number of aliphatic hydroxyl groups is 1. The lowest BCUT2D eigenvalue weighted by molar-refractivity contribution is -0.121. The van der Waals surface area contributed by atoms with Crippen LogP contribution in [-0.4, -0.2) is 29.6 Å². The number of anilines is 1. The van der Waals surface area contributed by atoms with Crippen LogP contribution in [0.25, 0.3) is 0 Å². The van der Waals surface area contributed by atoms with E-state index in [-0.39, 0.29) is 30.9 Å². The SMILES string of the molecule is CCC(CO)NC(=O)Cc1ccc(NC(=O)C(C)=C2CCCC2)cc1. The summed E-state index contributed by atoms with van der Waals surface area (Å²) < 4.78 is 0. The van der Waals surface area contributed by atoms with Crippen LogP contribution in [0.1, 0.15) is 51.5 Å². The number of allylic oxidation sites excluding steroid dienone is 1. The van der Waals surface area contributed by atoms with E-state index in [0.29, 0.717) is 6.42 Å². The van der Waals surface area contributed by atoms with Crippen molar-refractivity contribution in [1.29, 1.82) is 0 Å². The zero-order chi connectivity index (χ0) is 18.2. The van der Waals surface area contributed by atoms with Crippen LogP contribution >= 0.6 is 0 Å². The number of amides is 2. The Morgan fingerprint density at radius 2 is 1.80 bits per heavy atom. The van der Waals surface area contributed by atoms with Gasteiger partial charge in [-0.2, -0.15) is 0 Å². The molecule has 5 heteroatoms. The predicted octanol–water partition coefficient (Wildman–Crippen LogP) is 2.95. The van der Waals surface area contributed by atoms with Gasteiger partial charge in [-0.05, 0) is 56.7 Å². The van der Waals surface area contributed by atoms with Crippen molar-refractivity contribution < 1.29 is 14.7 Å². The van der Waals surface area contributed by atoms with Crippen molar-refractivity contribution in [3.05, 3.63) is 41.0 Å². The molecule has 1 aromatic carbocycles. The van der Waals surface area contributed by atoms with Gasteiger partial charge >= 0.3 is 0 Å². The van der Waals surface area contributed by atoms with Gasteiger partial charge in [0, 0.05) is 11.3 Å². The second-order valence-corrected chi connectivity index (χ2v) is 6.62. The van der Waals surface area contributed by atoms with Crippen molar-refractivity contribution in [2.75, 3.05) is 11.9 Å². The Balaban J connectivity index is 1.90. The Bertz CT molecular complexity index is 623. The molecule has 5 nitrogen and oxygen atoms in total. The van der Waals surface area contributed by atoms with Crippen LogP contribution < -0.4 is 10.6 Å². The number of hydrogen-bond donors (Lipinski definition) is 3. The summed E-state index contributed by atoms with van der Waals surface area (Å²) in [6, 6.07) is 7.12. The maximum Gasteiger partial charge on any atom is 0.251 e. The summed E-state index contributed by atoms with van der Waals surface area (Å²) in [5.41, 5.74) is 3.69. The minimum absolute atomic E-state index is 0.0453. The zero-order valence-corrected chi connectivity index (χ0v) is 15.1. The lowest BCUT2D eigenvalue weighted by Gasteiger charge is -2.14. The first-order valence-electron chi connectivity index (χ1n) is 9.02. The molecule has 0 radical (unpaired) electrons. The largest absolute Gasteiger partial charge is 0.394 e. The summed E-state index contributed by atoms with van der Waals surface area (Å²) in [6.45, 7) is 3.75. The molecule has 136 valence electrons. The molecule has 1 aliphatic carbocycles. The van der Waals surface area contributed by atoms with Crippen molar-refractivity contribution in [3.8, 4) is 0 Å². The fraction of sp³-hybridized carbons (Fsp3) is 0.500. The molecule has 3 N–H and O–H groups in total. The molecule has 1 aromatic rings. The Kier molecular flexibility index (Phi) is 7.19. The van der Waals surface area contributed by atoms with Crippen molar-refractivity contribution >= 4 is 17.5 Å². The van der Waals surface area contributed by atoms with E-state index in [0.717, 1.165) is 29.7 Å². The molecule has 1 saturated carbocycles. The number of rotatable bonds is 7. The van der Waals surface area contributed by atoms with Crippen molar-refractivity contribution in [3.63, 3.8) is 0 Å². The number of carbonyl (C=O) groups is 2. The minimum atomic E-state index is -0.197. The molecule has 0 aliphatic heterocycles. The van der Waals surface area contributed by atoms with Gasteiger partial charge in [-0.15, -0.1) is 0 Å². The average molecular weight is 344 g/mol. The smallest absolute Gasteiger partial charge is 0.251 e. The van der Waals surface area contributed by atoms with E-state index < -0.39 is 0 Å². The second kappa shape index (κ2) is 9.37. The topological polar surface area (TPSA) is 78.4 Å². The Morgan fingerprint density at radius 1 is 1.16 bits per heavy atom. The van der Waals surface area contributed by atoms with Crippen LogP contribution in [-0.2, 0) is 16.0 Å². The molecule has 0 spiro atoms. The molecular weight excluding hydrogens is 316 g/mol. The van der Waals surface area contributed by atoms with E-state index in [1.54, 1.807) is 0 Å². The molecule has 1 aliphatic rings. The lowest BCUT2D eigenvalue weighted by Crippen LogP contribution is -2.37. The van der Waals surface area contributed by atoms with Gasteiger partial charge in [0.15, 0.2) is 0 Å². The van der Waals surface area contributed by atoms with Gasteiger partial charge in [0.2, 0.25) is 5.91 Å². The summed E-state index contributed by atoms with van der Waals surface area (Å²) in [5.74, 6) is -0.157. The number of benzene rings is 1. The molecule has 1 unspecified atom stereocenters. The Labute approximate surface area is 149 Å². The highest BCUT2D eigenvalue weighted by Gasteiger charge is 2.15. The molecule has 1 atom stereocenters. The number of carbonyl (C=O) groups excluding carboxylic acids is 2. The standard InChI is InChI=1S/C20H28N2O3/c1-3-17(13-23)21-19(24)12-15-8-10-18(11-9-15)22-20(25)14(2)16-6-4-5-7-16/h8-11,17,23H,3-7,12-13H2,1-2H3,(H,21,24)(H,22,25). The van der Waals surface area contributed by atoms with E-state index in [1.807, 2.05) is 38.1 Å². The third-order valence-electron chi connectivity index (χ3n) is 4.73. The molecule has 0 heterocycles. The van der Waals surface area contributed by atoms with E-state index in [4.69, 9.17) is 5.11 Å². The fourth-order valence-corrected chi connectivity index (χ4v) is 3.01. The quantitative estimate of drug-likeness (QED) is 0.666.